The molecular formula is C14H11O. The van der Waals surface area contributed by atoms with Gasteiger partial charge in [-0.1, -0.05) is 30.3 Å². The first-order chi connectivity index (χ1) is 7.38. The lowest BCUT2D eigenvalue weighted by atomic mass is 10.1. The summed E-state index contributed by atoms with van der Waals surface area (Å²) in [5, 5.41) is 0. The average Bonchev–Trinajstić information content (AvgIpc) is 2.66. The minimum atomic E-state index is 0.915. The van der Waals surface area contributed by atoms with Crippen molar-refractivity contribution in [3.63, 3.8) is 0 Å². The molecule has 0 aromatic heterocycles. The zero-order chi connectivity index (χ0) is 10.3. The third-order valence-electron chi connectivity index (χ3n) is 2.82. The molecule has 0 atom stereocenters. The molecule has 1 nitrogen and oxygen atoms in total. The van der Waals surface area contributed by atoms with Crippen molar-refractivity contribution < 1.29 is 4.74 Å². The maximum absolute atomic E-state index is 5.22. The summed E-state index contributed by atoms with van der Waals surface area (Å²) < 4.78 is 5.22. The number of fused-ring (bicyclic) bond motifs is 3. The summed E-state index contributed by atoms with van der Waals surface area (Å²) in [5.41, 5.74) is 5.15. The van der Waals surface area contributed by atoms with Crippen molar-refractivity contribution in [2.24, 2.45) is 0 Å². The van der Waals surface area contributed by atoms with Gasteiger partial charge in [0.25, 0.3) is 0 Å². The second kappa shape index (κ2) is 3.13. The van der Waals surface area contributed by atoms with Gasteiger partial charge >= 0.3 is 0 Å². The van der Waals surface area contributed by atoms with Crippen molar-refractivity contribution in [3.05, 3.63) is 60.0 Å². The van der Waals surface area contributed by atoms with E-state index in [1.54, 1.807) is 7.11 Å². The molecule has 1 aliphatic rings. The third-order valence-corrected chi connectivity index (χ3v) is 2.82. The van der Waals surface area contributed by atoms with Crippen LogP contribution in [0.4, 0.5) is 0 Å². The molecule has 0 aliphatic heterocycles. The molecule has 3 rings (SSSR count). The largest absolute Gasteiger partial charge is 0.497 e. The first-order valence-corrected chi connectivity index (χ1v) is 5.01. The number of benzene rings is 2. The van der Waals surface area contributed by atoms with E-state index in [1.165, 1.54) is 22.3 Å². The molecule has 0 fully saturated rings. The highest BCUT2D eigenvalue weighted by Crippen LogP contribution is 2.39. The molecular weight excluding hydrogens is 184 g/mol. The fourth-order valence-electron chi connectivity index (χ4n) is 2.07. The van der Waals surface area contributed by atoms with Crippen molar-refractivity contribution in [2.45, 2.75) is 0 Å². The van der Waals surface area contributed by atoms with Crippen LogP contribution < -0.4 is 4.74 Å². The highest BCUT2D eigenvalue weighted by molar-refractivity contribution is 5.81. The second-order valence-corrected chi connectivity index (χ2v) is 3.68. The predicted molar refractivity (Wildman–Crippen MR) is 60.9 cm³/mol. The van der Waals surface area contributed by atoms with Crippen molar-refractivity contribution in [2.75, 3.05) is 7.11 Å². The van der Waals surface area contributed by atoms with Crippen LogP contribution in [-0.2, 0) is 0 Å². The summed E-state index contributed by atoms with van der Waals surface area (Å²) in [6, 6.07) is 14.6. The van der Waals surface area contributed by atoms with Gasteiger partial charge in [0.2, 0.25) is 0 Å². The zero-order valence-corrected chi connectivity index (χ0v) is 8.53. The normalized spacial score (nSPS) is 12.1. The van der Waals surface area contributed by atoms with Gasteiger partial charge in [0.15, 0.2) is 0 Å². The Labute approximate surface area is 89.3 Å². The minimum Gasteiger partial charge on any atom is -0.497 e. The minimum absolute atomic E-state index is 0.915. The summed E-state index contributed by atoms with van der Waals surface area (Å²) in [7, 11) is 1.70. The Morgan fingerprint density at radius 2 is 1.67 bits per heavy atom. The molecule has 1 aliphatic carbocycles. The molecule has 1 heteroatoms. The highest BCUT2D eigenvalue weighted by atomic mass is 16.5. The van der Waals surface area contributed by atoms with E-state index in [2.05, 4.69) is 42.8 Å². The fraction of sp³-hybridized carbons (Fsp3) is 0.0714. The molecule has 73 valence electrons. The van der Waals surface area contributed by atoms with Crippen LogP contribution in [0.1, 0.15) is 11.1 Å². The van der Waals surface area contributed by atoms with E-state index in [-0.39, 0.29) is 0 Å². The maximum Gasteiger partial charge on any atom is 0.119 e. The van der Waals surface area contributed by atoms with E-state index in [1.807, 2.05) is 6.07 Å². The quantitative estimate of drug-likeness (QED) is 0.579. The fourth-order valence-corrected chi connectivity index (χ4v) is 2.07. The van der Waals surface area contributed by atoms with E-state index in [9.17, 15) is 0 Å². The molecule has 0 saturated heterocycles. The van der Waals surface area contributed by atoms with Crippen LogP contribution in [-0.4, -0.2) is 7.11 Å². The number of rotatable bonds is 1. The van der Waals surface area contributed by atoms with E-state index < -0.39 is 0 Å². The Hall–Kier alpha value is -1.76. The van der Waals surface area contributed by atoms with Gasteiger partial charge in [-0.15, -0.1) is 0 Å². The average molecular weight is 195 g/mol. The van der Waals surface area contributed by atoms with E-state index >= 15 is 0 Å². The Kier molecular flexibility index (Phi) is 1.78. The second-order valence-electron chi connectivity index (χ2n) is 3.68. The Morgan fingerprint density at radius 3 is 2.53 bits per heavy atom. The first kappa shape index (κ1) is 8.54. The van der Waals surface area contributed by atoms with Crippen molar-refractivity contribution >= 4 is 0 Å². The van der Waals surface area contributed by atoms with Gasteiger partial charge in [-0.05, 0) is 34.4 Å². The molecule has 0 amide bonds. The van der Waals surface area contributed by atoms with Gasteiger partial charge in [-0.2, -0.15) is 0 Å². The van der Waals surface area contributed by atoms with Crippen LogP contribution in [0.3, 0.4) is 0 Å². The van der Waals surface area contributed by atoms with Crippen LogP contribution in [0, 0.1) is 6.42 Å². The summed E-state index contributed by atoms with van der Waals surface area (Å²) in [5.74, 6) is 0.915. The van der Waals surface area contributed by atoms with Gasteiger partial charge in [-0.3, -0.25) is 0 Å². The van der Waals surface area contributed by atoms with Crippen LogP contribution >= 0.6 is 0 Å². The highest BCUT2D eigenvalue weighted by Gasteiger charge is 2.17. The smallest absolute Gasteiger partial charge is 0.119 e. The van der Waals surface area contributed by atoms with Crippen LogP contribution in [0.15, 0.2) is 42.5 Å². The molecule has 2 aromatic rings. The van der Waals surface area contributed by atoms with Crippen LogP contribution in [0.25, 0.3) is 11.1 Å². The molecule has 0 heterocycles. The molecule has 15 heavy (non-hydrogen) atoms. The number of hydrogen-bond donors (Lipinski definition) is 0. The summed E-state index contributed by atoms with van der Waals surface area (Å²) in [6.07, 6.45) is 2.20. The van der Waals surface area contributed by atoms with Gasteiger partial charge in [0, 0.05) is 6.42 Å². The number of hydrogen-bond acceptors (Lipinski definition) is 1. The van der Waals surface area contributed by atoms with E-state index in [0.29, 0.717) is 0 Å². The Morgan fingerprint density at radius 1 is 0.867 bits per heavy atom. The van der Waals surface area contributed by atoms with E-state index in [4.69, 9.17) is 4.74 Å². The molecule has 0 saturated carbocycles. The van der Waals surface area contributed by atoms with Gasteiger partial charge < -0.3 is 4.74 Å². The standard InChI is InChI=1S/C14H11O/c1-15-12-6-7-14-11(9-12)8-10-4-2-3-5-13(10)14/h2-9H,1H3. The third kappa shape index (κ3) is 1.23. The summed E-state index contributed by atoms with van der Waals surface area (Å²) in [4.78, 5) is 0. The van der Waals surface area contributed by atoms with Gasteiger partial charge in [0.05, 0.1) is 7.11 Å². The maximum atomic E-state index is 5.22. The van der Waals surface area contributed by atoms with Crippen molar-refractivity contribution in [1.29, 1.82) is 0 Å². The Bertz CT molecular complexity index is 514. The van der Waals surface area contributed by atoms with Crippen LogP contribution in [0.5, 0.6) is 5.75 Å². The van der Waals surface area contributed by atoms with Crippen LogP contribution in [0.2, 0.25) is 0 Å². The molecule has 0 N–H and O–H groups in total. The zero-order valence-electron chi connectivity index (χ0n) is 8.53. The first-order valence-electron chi connectivity index (χ1n) is 5.01. The monoisotopic (exact) mass is 195 g/mol. The summed E-state index contributed by atoms with van der Waals surface area (Å²) >= 11 is 0. The van der Waals surface area contributed by atoms with Gasteiger partial charge in [0.1, 0.15) is 5.75 Å². The SMILES string of the molecule is COc1ccc2c(c1)[CH]c1ccccc1-2. The molecule has 0 unspecified atom stereocenters. The lowest BCUT2D eigenvalue weighted by Crippen LogP contribution is -1.84. The Balaban J connectivity index is 2.18. The summed E-state index contributed by atoms with van der Waals surface area (Å²) in [6.45, 7) is 0. The molecule has 2 aromatic carbocycles. The number of methoxy groups -OCH3 is 1. The van der Waals surface area contributed by atoms with Gasteiger partial charge in [-0.25, -0.2) is 0 Å². The van der Waals surface area contributed by atoms with Crippen molar-refractivity contribution in [3.8, 4) is 16.9 Å². The molecule has 1 radical (unpaired) electrons. The lowest BCUT2D eigenvalue weighted by molar-refractivity contribution is 0.414. The topological polar surface area (TPSA) is 9.23 Å². The van der Waals surface area contributed by atoms with Crippen molar-refractivity contribution in [1.82, 2.24) is 0 Å². The molecule has 0 spiro atoms. The molecule has 0 bridgehead atoms. The number of ether oxygens (including phenoxy) is 1. The van der Waals surface area contributed by atoms with E-state index in [0.717, 1.165) is 5.75 Å². The predicted octanol–water partition coefficient (Wildman–Crippen LogP) is 3.28. The lowest BCUT2D eigenvalue weighted by Gasteiger charge is -2.03.